The number of benzene rings is 2. The average molecular weight is 360 g/mol. The summed E-state index contributed by atoms with van der Waals surface area (Å²) in [5.74, 6) is 0.0340. The van der Waals surface area contributed by atoms with E-state index in [0.717, 1.165) is 22.5 Å². The predicted octanol–water partition coefficient (Wildman–Crippen LogP) is 3.82. The number of amides is 1. The summed E-state index contributed by atoms with van der Waals surface area (Å²) in [7, 11) is 0. The zero-order valence-electron chi connectivity index (χ0n) is 15.8. The van der Waals surface area contributed by atoms with Crippen molar-refractivity contribution in [2.45, 2.75) is 46.2 Å². The largest absolute Gasteiger partial charge is 0.352 e. The van der Waals surface area contributed by atoms with Gasteiger partial charge in [-0.15, -0.1) is 0 Å². The molecular weight excluding hydrogens is 336 g/mol. The minimum absolute atomic E-state index is 0.0340. The number of hydrogen-bond donors (Lipinski definition) is 1. The van der Waals surface area contributed by atoms with Gasteiger partial charge in [-0.05, 0) is 48.2 Å². The van der Waals surface area contributed by atoms with Gasteiger partial charge in [0.25, 0.3) is 0 Å². The average Bonchev–Trinajstić information content (AvgIpc) is 2.95. The Morgan fingerprint density at radius 1 is 1.19 bits per heavy atom. The highest BCUT2D eigenvalue weighted by molar-refractivity contribution is 5.83. The summed E-state index contributed by atoms with van der Waals surface area (Å²) >= 11 is 0. The summed E-state index contributed by atoms with van der Waals surface area (Å²) in [4.78, 5) is 12.3. The molecule has 0 aliphatic carbocycles. The Balaban J connectivity index is 1.55. The fraction of sp³-hybridized carbons (Fsp3) is 0.318. The molecule has 1 amide bonds. The van der Waals surface area contributed by atoms with Crippen LogP contribution in [0.3, 0.4) is 0 Å². The second kappa shape index (κ2) is 8.50. The quantitative estimate of drug-likeness (QED) is 0.696. The third kappa shape index (κ3) is 4.53. The molecule has 138 valence electrons. The minimum atomic E-state index is 0.0340. The number of nitriles is 1. The van der Waals surface area contributed by atoms with Crippen molar-refractivity contribution >= 4 is 16.7 Å². The smallest absolute Gasteiger partial charge is 0.220 e. The van der Waals surface area contributed by atoms with E-state index in [0.29, 0.717) is 32.4 Å². The van der Waals surface area contributed by atoms with Gasteiger partial charge in [-0.2, -0.15) is 10.4 Å². The summed E-state index contributed by atoms with van der Waals surface area (Å²) in [5.41, 5.74) is 4.19. The Labute approximate surface area is 159 Å². The van der Waals surface area contributed by atoms with Crippen molar-refractivity contribution in [1.82, 2.24) is 15.1 Å². The number of aromatic nitrogens is 2. The van der Waals surface area contributed by atoms with Gasteiger partial charge < -0.3 is 5.32 Å². The van der Waals surface area contributed by atoms with Crippen molar-refractivity contribution in [2.75, 3.05) is 0 Å². The summed E-state index contributed by atoms with van der Waals surface area (Å²) in [5, 5.41) is 18.6. The molecule has 0 atom stereocenters. The Hall–Kier alpha value is -3.13. The van der Waals surface area contributed by atoms with Crippen molar-refractivity contribution < 1.29 is 4.79 Å². The maximum Gasteiger partial charge on any atom is 0.220 e. The van der Waals surface area contributed by atoms with E-state index in [-0.39, 0.29) is 5.91 Å². The van der Waals surface area contributed by atoms with Crippen LogP contribution < -0.4 is 5.32 Å². The number of hydrogen-bond acceptors (Lipinski definition) is 3. The Morgan fingerprint density at radius 3 is 2.74 bits per heavy atom. The standard InChI is InChI=1S/C22H24N4O/c1-16-21(17(2)26(25-16)13-5-12-23)10-11-22(27)24-15-18-8-9-19-6-3-4-7-20(19)14-18/h3-4,6-9,14H,5,10-11,13,15H2,1-2H3,(H,24,27). The normalized spacial score (nSPS) is 10.7. The maximum atomic E-state index is 12.3. The highest BCUT2D eigenvalue weighted by Gasteiger charge is 2.13. The highest BCUT2D eigenvalue weighted by atomic mass is 16.1. The summed E-state index contributed by atoms with van der Waals surface area (Å²) in [6.45, 7) is 5.08. The molecule has 0 aliphatic rings. The third-order valence-electron chi connectivity index (χ3n) is 4.87. The number of rotatable bonds is 7. The number of fused-ring (bicyclic) bond motifs is 1. The number of nitrogens with one attached hydrogen (secondary N) is 1. The maximum absolute atomic E-state index is 12.3. The predicted molar refractivity (Wildman–Crippen MR) is 106 cm³/mol. The first-order valence-electron chi connectivity index (χ1n) is 9.22. The lowest BCUT2D eigenvalue weighted by molar-refractivity contribution is -0.121. The van der Waals surface area contributed by atoms with E-state index in [1.54, 1.807) is 0 Å². The minimum Gasteiger partial charge on any atom is -0.352 e. The molecule has 3 aromatic rings. The summed E-state index contributed by atoms with van der Waals surface area (Å²) in [6.07, 6.45) is 1.53. The van der Waals surface area contributed by atoms with Crippen molar-refractivity contribution in [3.8, 4) is 6.07 Å². The Morgan fingerprint density at radius 2 is 1.96 bits per heavy atom. The van der Waals surface area contributed by atoms with Gasteiger partial charge in [-0.25, -0.2) is 0 Å². The van der Waals surface area contributed by atoms with E-state index in [1.165, 1.54) is 10.8 Å². The molecule has 27 heavy (non-hydrogen) atoms. The first kappa shape index (κ1) is 18.7. The van der Waals surface area contributed by atoms with Crippen LogP contribution in [0.1, 0.15) is 35.4 Å². The molecule has 5 nitrogen and oxygen atoms in total. The van der Waals surface area contributed by atoms with Crippen molar-refractivity contribution in [2.24, 2.45) is 0 Å². The molecule has 5 heteroatoms. The SMILES string of the molecule is Cc1nn(CCC#N)c(C)c1CCC(=O)NCc1ccc2ccccc2c1. The van der Waals surface area contributed by atoms with Gasteiger partial charge in [-0.1, -0.05) is 36.4 Å². The molecule has 1 N–H and O–H groups in total. The summed E-state index contributed by atoms with van der Waals surface area (Å²) in [6, 6.07) is 16.6. The zero-order valence-corrected chi connectivity index (χ0v) is 15.8. The van der Waals surface area contributed by atoms with Crippen LogP contribution in [0.4, 0.5) is 0 Å². The van der Waals surface area contributed by atoms with E-state index < -0.39 is 0 Å². The van der Waals surface area contributed by atoms with E-state index in [2.05, 4.69) is 46.8 Å². The van der Waals surface area contributed by atoms with Gasteiger partial charge in [0.15, 0.2) is 0 Å². The second-order valence-corrected chi connectivity index (χ2v) is 6.74. The molecule has 1 heterocycles. The molecular formula is C22H24N4O. The Kier molecular flexibility index (Phi) is 5.87. The molecule has 0 radical (unpaired) electrons. The number of aryl methyl sites for hydroxylation is 2. The van der Waals surface area contributed by atoms with Crippen LogP contribution in [0.15, 0.2) is 42.5 Å². The lowest BCUT2D eigenvalue weighted by Gasteiger charge is -2.07. The number of carbonyl (C=O) groups is 1. The highest BCUT2D eigenvalue weighted by Crippen LogP contribution is 2.17. The van der Waals surface area contributed by atoms with Crippen LogP contribution in [0.5, 0.6) is 0 Å². The third-order valence-corrected chi connectivity index (χ3v) is 4.87. The van der Waals surface area contributed by atoms with Crippen molar-refractivity contribution in [3.63, 3.8) is 0 Å². The molecule has 0 bridgehead atoms. The molecule has 0 fully saturated rings. The summed E-state index contributed by atoms with van der Waals surface area (Å²) < 4.78 is 1.86. The molecule has 0 spiro atoms. The van der Waals surface area contributed by atoms with E-state index >= 15 is 0 Å². The van der Waals surface area contributed by atoms with Crippen LogP contribution in [0, 0.1) is 25.2 Å². The van der Waals surface area contributed by atoms with Gasteiger partial charge in [0, 0.05) is 18.7 Å². The Bertz CT molecular complexity index is 997. The second-order valence-electron chi connectivity index (χ2n) is 6.74. The van der Waals surface area contributed by atoms with E-state index in [1.807, 2.05) is 30.7 Å². The monoisotopic (exact) mass is 360 g/mol. The van der Waals surface area contributed by atoms with Crippen LogP contribution in [-0.4, -0.2) is 15.7 Å². The fourth-order valence-corrected chi connectivity index (χ4v) is 3.35. The van der Waals surface area contributed by atoms with Crippen LogP contribution in [-0.2, 0) is 24.3 Å². The molecule has 0 unspecified atom stereocenters. The topological polar surface area (TPSA) is 70.7 Å². The molecule has 2 aromatic carbocycles. The fourth-order valence-electron chi connectivity index (χ4n) is 3.35. The number of carbonyl (C=O) groups excluding carboxylic acids is 1. The molecule has 3 rings (SSSR count). The van der Waals surface area contributed by atoms with Gasteiger partial charge in [0.1, 0.15) is 0 Å². The molecule has 0 saturated heterocycles. The van der Waals surface area contributed by atoms with Crippen molar-refractivity contribution in [1.29, 1.82) is 5.26 Å². The van der Waals surface area contributed by atoms with Gasteiger partial charge in [0.05, 0.1) is 24.7 Å². The van der Waals surface area contributed by atoms with Crippen LogP contribution in [0.2, 0.25) is 0 Å². The van der Waals surface area contributed by atoms with E-state index in [9.17, 15) is 4.79 Å². The van der Waals surface area contributed by atoms with E-state index in [4.69, 9.17) is 5.26 Å². The molecule has 1 aromatic heterocycles. The number of nitrogens with zero attached hydrogens (tertiary/aromatic N) is 3. The molecule has 0 aliphatic heterocycles. The lowest BCUT2D eigenvalue weighted by Crippen LogP contribution is -2.23. The van der Waals surface area contributed by atoms with Gasteiger partial charge >= 0.3 is 0 Å². The van der Waals surface area contributed by atoms with Gasteiger partial charge in [0.2, 0.25) is 5.91 Å². The lowest BCUT2D eigenvalue weighted by atomic mass is 10.1. The van der Waals surface area contributed by atoms with Crippen LogP contribution >= 0.6 is 0 Å². The van der Waals surface area contributed by atoms with Crippen molar-refractivity contribution in [3.05, 3.63) is 65.0 Å². The van der Waals surface area contributed by atoms with Crippen LogP contribution in [0.25, 0.3) is 10.8 Å². The first-order chi connectivity index (χ1) is 13.1. The molecule has 0 saturated carbocycles. The van der Waals surface area contributed by atoms with Gasteiger partial charge in [-0.3, -0.25) is 9.48 Å². The zero-order chi connectivity index (χ0) is 19.2. The first-order valence-corrected chi connectivity index (χ1v) is 9.22.